The third-order valence-electron chi connectivity index (χ3n) is 7.29. The lowest BCUT2D eigenvalue weighted by atomic mass is 9.78. The van der Waals surface area contributed by atoms with Gasteiger partial charge in [0.1, 0.15) is 11.3 Å². The molecule has 0 radical (unpaired) electrons. The number of carbonyl (C=O) groups excluding carboxylic acids is 2. The summed E-state index contributed by atoms with van der Waals surface area (Å²) in [5.41, 5.74) is 1.16. The molecule has 1 aromatic carbocycles. The molecule has 1 aromatic heterocycles. The molecule has 2 amide bonds. The topological polar surface area (TPSA) is 106 Å². The van der Waals surface area contributed by atoms with E-state index in [1.165, 1.54) is 12.8 Å². The molecule has 0 saturated heterocycles. The highest BCUT2D eigenvalue weighted by Gasteiger charge is 2.43. The van der Waals surface area contributed by atoms with E-state index in [2.05, 4.69) is 17.0 Å². The van der Waals surface area contributed by atoms with Gasteiger partial charge in [0.25, 0.3) is 11.8 Å². The van der Waals surface area contributed by atoms with Gasteiger partial charge in [-0.25, -0.2) is 13.1 Å². The van der Waals surface area contributed by atoms with Crippen LogP contribution in [0.5, 0.6) is 5.75 Å². The number of nitrogens with zero attached hydrogens (tertiary/aromatic N) is 1. The number of carbonyl (C=O) groups is 2. The van der Waals surface area contributed by atoms with Gasteiger partial charge in [0.05, 0.1) is 17.4 Å². The van der Waals surface area contributed by atoms with Crippen molar-refractivity contribution in [2.45, 2.75) is 89.5 Å². The highest BCUT2D eigenvalue weighted by molar-refractivity contribution is 7.91. The fourth-order valence-corrected chi connectivity index (χ4v) is 6.07. The number of hydrogen-bond donors (Lipinski definition) is 2. The Labute approximate surface area is 225 Å². The summed E-state index contributed by atoms with van der Waals surface area (Å²) >= 11 is 0. The Bertz CT molecular complexity index is 1310. The molecule has 8 nitrogen and oxygen atoms in total. The average Bonchev–Trinajstić information content (AvgIpc) is 3.61. The zero-order chi connectivity index (χ0) is 27.5. The molecular weight excluding hydrogens is 502 g/mol. The molecular formula is C29H39N3O5S. The van der Waals surface area contributed by atoms with Gasteiger partial charge in [-0.2, -0.15) is 0 Å². The fraction of sp³-hybridized carbons (Fsp3) is 0.517. The van der Waals surface area contributed by atoms with E-state index in [0.29, 0.717) is 31.4 Å². The second-order valence-electron chi connectivity index (χ2n) is 10.9. The Morgan fingerprint density at radius 3 is 2.47 bits per heavy atom. The molecule has 1 atom stereocenters. The number of unbranched alkanes of at least 4 members (excludes halogenated alkanes) is 3. The van der Waals surface area contributed by atoms with Gasteiger partial charge in [0.15, 0.2) is 0 Å². The Hall–Kier alpha value is -3.07. The van der Waals surface area contributed by atoms with Crippen LogP contribution in [0.3, 0.4) is 0 Å². The Morgan fingerprint density at radius 2 is 1.87 bits per heavy atom. The predicted octanol–water partition coefficient (Wildman–Crippen LogP) is 4.83. The second kappa shape index (κ2) is 11.4. The number of benzene rings is 1. The van der Waals surface area contributed by atoms with Gasteiger partial charge in [-0.1, -0.05) is 38.3 Å². The fourth-order valence-electron chi connectivity index (χ4n) is 4.79. The maximum absolute atomic E-state index is 13.5. The van der Waals surface area contributed by atoms with Crippen molar-refractivity contribution in [2.75, 3.05) is 6.61 Å². The van der Waals surface area contributed by atoms with Gasteiger partial charge in [0, 0.05) is 24.9 Å². The molecule has 2 aliphatic rings. The van der Waals surface area contributed by atoms with Crippen LogP contribution in [0.25, 0.3) is 5.57 Å². The highest BCUT2D eigenvalue weighted by atomic mass is 32.2. The third-order valence-corrected chi connectivity index (χ3v) is 9.11. The Morgan fingerprint density at radius 1 is 1.16 bits per heavy atom. The lowest BCUT2D eigenvalue weighted by Crippen LogP contribution is -2.50. The minimum atomic E-state index is -3.80. The van der Waals surface area contributed by atoms with E-state index in [9.17, 15) is 18.0 Å². The molecule has 0 spiro atoms. The summed E-state index contributed by atoms with van der Waals surface area (Å²) in [6.45, 7) is 8.84. The van der Waals surface area contributed by atoms with E-state index < -0.39 is 32.6 Å². The first-order valence-electron chi connectivity index (χ1n) is 13.6. The number of aromatic nitrogens is 1. The molecule has 0 bridgehead atoms. The molecule has 2 N–H and O–H groups in total. The number of amides is 2. The van der Waals surface area contributed by atoms with Crippen LogP contribution in [0, 0.1) is 0 Å². The molecule has 2 heterocycles. The van der Waals surface area contributed by atoms with E-state index in [4.69, 9.17) is 4.74 Å². The van der Waals surface area contributed by atoms with Crippen LogP contribution < -0.4 is 14.8 Å². The molecule has 1 saturated carbocycles. The zero-order valence-corrected chi connectivity index (χ0v) is 23.6. The summed E-state index contributed by atoms with van der Waals surface area (Å²) in [5.74, 6) is -0.701. The summed E-state index contributed by atoms with van der Waals surface area (Å²) in [6, 6.07) is 9.72. The molecule has 4 rings (SSSR count). The summed E-state index contributed by atoms with van der Waals surface area (Å²) in [7, 11) is -3.80. The summed E-state index contributed by atoms with van der Waals surface area (Å²) in [4.78, 5) is 26.7. The van der Waals surface area contributed by atoms with Crippen LogP contribution in [0.15, 0.2) is 48.3 Å². The van der Waals surface area contributed by atoms with Gasteiger partial charge < -0.3 is 14.6 Å². The van der Waals surface area contributed by atoms with Crippen molar-refractivity contribution in [3.05, 3.63) is 59.4 Å². The van der Waals surface area contributed by atoms with Crippen molar-refractivity contribution in [3.8, 4) is 5.75 Å². The maximum atomic E-state index is 13.5. The normalized spacial score (nSPS) is 20.0. The number of nitrogens with one attached hydrogen (secondary N) is 2. The molecule has 38 heavy (non-hydrogen) atoms. The minimum Gasteiger partial charge on any atom is -0.494 e. The predicted molar refractivity (Wildman–Crippen MR) is 148 cm³/mol. The molecule has 206 valence electrons. The van der Waals surface area contributed by atoms with Gasteiger partial charge in [0.2, 0.25) is 10.0 Å². The first kappa shape index (κ1) is 28.0. The van der Waals surface area contributed by atoms with Crippen molar-refractivity contribution in [3.63, 3.8) is 0 Å². The van der Waals surface area contributed by atoms with E-state index in [-0.39, 0.29) is 11.6 Å². The van der Waals surface area contributed by atoms with Crippen molar-refractivity contribution >= 4 is 27.4 Å². The van der Waals surface area contributed by atoms with Gasteiger partial charge in [-0.05, 0) is 74.9 Å². The van der Waals surface area contributed by atoms with Crippen LogP contribution in [0.1, 0.15) is 89.8 Å². The summed E-state index contributed by atoms with van der Waals surface area (Å²) in [6.07, 6.45) is 9.70. The third kappa shape index (κ3) is 6.31. The lowest BCUT2D eigenvalue weighted by Gasteiger charge is -2.37. The first-order chi connectivity index (χ1) is 18.0. The van der Waals surface area contributed by atoms with Crippen LogP contribution in [-0.2, 0) is 25.2 Å². The zero-order valence-electron chi connectivity index (χ0n) is 22.7. The highest BCUT2D eigenvalue weighted by Crippen LogP contribution is 2.39. The monoisotopic (exact) mass is 541 g/mol. The van der Waals surface area contributed by atoms with Gasteiger partial charge >= 0.3 is 0 Å². The second-order valence-corrected chi connectivity index (χ2v) is 12.8. The van der Waals surface area contributed by atoms with Crippen molar-refractivity contribution < 1.29 is 22.7 Å². The number of rotatable bonds is 12. The number of hydrogen-bond acceptors (Lipinski definition) is 5. The molecule has 1 aliphatic heterocycles. The van der Waals surface area contributed by atoms with Crippen molar-refractivity contribution in [1.82, 2.24) is 14.6 Å². The Kier molecular flexibility index (Phi) is 8.35. The largest absolute Gasteiger partial charge is 0.494 e. The quantitative estimate of drug-likeness (QED) is 0.296. The smallest absolute Gasteiger partial charge is 0.270 e. The standard InChI is InChI=1S/C29H39N3O5S/c1-5-6-7-8-17-37-23-11-9-22(10-12-23)29(4)18-25(21-15-16-32(19-21)20(2)3)26(27(33)30-29)28(34)31-38(35,36)24-13-14-24/h9-12,15-16,19-20,24H,5-8,13-14,17-18H2,1-4H3,(H,30,33)(H,31,34)/t29-/m0/s1. The average molecular weight is 542 g/mol. The van der Waals surface area contributed by atoms with E-state index in [0.717, 1.165) is 29.7 Å². The van der Waals surface area contributed by atoms with E-state index >= 15 is 0 Å². The van der Waals surface area contributed by atoms with Crippen molar-refractivity contribution in [2.24, 2.45) is 0 Å². The lowest BCUT2D eigenvalue weighted by molar-refractivity contribution is -0.124. The molecule has 9 heteroatoms. The van der Waals surface area contributed by atoms with E-state index in [1.807, 2.05) is 68.1 Å². The van der Waals surface area contributed by atoms with Crippen LogP contribution in [0.2, 0.25) is 0 Å². The van der Waals surface area contributed by atoms with Gasteiger partial charge in [-0.15, -0.1) is 0 Å². The minimum absolute atomic E-state index is 0.153. The number of sulfonamides is 1. The maximum Gasteiger partial charge on any atom is 0.270 e. The SMILES string of the molecule is CCCCCCOc1ccc([C@]2(C)CC(c3ccn(C(C)C)c3)=C(C(=O)NS(=O)(=O)C3CC3)C(=O)N2)cc1. The van der Waals surface area contributed by atoms with E-state index in [1.54, 1.807) is 0 Å². The van der Waals surface area contributed by atoms with Gasteiger partial charge in [-0.3, -0.25) is 9.59 Å². The summed E-state index contributed by atoms with van der Waals surface area (Å²) in [5, 5.41) is 2.42. The number of ether oxygens (including phenoxy) is 1. The Balaban J connectivity index is 1.62. The van der Waals surface area contributed by atoms with Crippen LogP contribution in [-0.4, -0.2) is 36.7 Å². The summed E-state index contributed by atoms with van der Waals surface area (Å²) < 4.78 is 35.0. The van der Waals surface area contributed by atoms with Crippen molar-refractivity contribution in [1.29, 1.82) is 0 Å². The van der Waals surface area contributed by atoms with Crippen LogP contribution in [0.4, 0.5) is 0 Å². The first-order valence-corrected chi connectivity index (χ1v) is 15.1. The molecule has 0 unspecified atom stereocenters. The molecule has 1 fully saturated rings. The molecule has 2 aromatic rings. The van der Waals surface area contributed by atoms with Crippen LogP contribution >= 0.6 is 0 Å². The molecule has 1 aliphatic carbocycles.